The van der Waals surface area contributed by atoms with Crippen LogP contribution in [0.5, 0.6) is 0 Å². The molecule has 0 spiro atoms. The zero-order valence-electron chi connectivity index (χ0n) is 33.7. The minimum Gasteiger partial charge on any atom is -0.476 e. The van der Waals surface area contributed by atoms with Crippen molar-refractivity contribution in [2.45, 2.75) is 105 Å². The van der Waals surface area contributed by atoms with Crippen LogP contribution in [-0.4, -0.2) is 72.4 Å². The molecule has 4 bridgehead atoms. The van der Waals surface area contributed by atoms with Crippen LogP contribution in [0.3, 0.4) is 0 Å². The minimum atomic E-state index is -1.07. The maximum atomic E-state index is 12.9. The lowest BCUT2D eigenvalue weighted by atomic mass is 9.35. The van der Waals surface area contributed by atoms with Crippen LogP contribution >= 0.6 is 11.3 Å². The van der Waals surface area contributed by atoms with E-state index in [-0.39, 0.29) is 17.7 Å². The number of aromatic carboxylic acids is 1. The minimum absolute atomic E-state index is 0.0162. The van der Waals surface area contributed by atoms with Crippen LogP contribution in [0.25, 0.3) is 21.3 Å². The summed E-state index contributed by atoms with van der Waals surface area (Å²) < 4.78 is 3.27. The number of aromatic nitrogens is 6. The number of carboxylic acid groups (broad SMARTS) is 1. The number of nitrogens with zero attached hydrogens (tertiary/aromatic N) is 7. The van der Waals surface area contributed by atoms with E-state index in [1.54, 1.807) is 11.3 Å². The van der Waals surface area contributed by atoms with Crippen molar-refractivity contribution < 1.29 is 15.0 Å². The van der Waals surface area contributed by atoms with Gasteiger partial charge in [-0.2, -0.15) is 5.10 Å². The van der Waals surface area contributed by atoms with E-state index in [0.29, 0.717) is 45.8 Å². The molecule has 4 N–H and O–H groups in total. The predicted octanol–water partition coefficient (Wildman–Crippen LogP) is 8.61. The van der Waals surface area contributed by atoms with Crippen LogP contribution in [0.1, 0.15) is 105 Å². The monoisotopic (exact) mass is 789 g/mol. The van der Waals surface area contributed by atoms with Crippen LogP contribution < -0.4 is 15.5 Å². The number of hydrogen-bond acceptors (Lipinski definition) is 11. The summed E-state index contributed by atoms with van der Waals surface area (Å²) in [4.78, 5) is 24.5. The number of fused-ring (bicyclic) bond motifs is 2. The number of carbonyl (C=O) groups is 1. The highest BCUT2D eigenvalue weighted by molar-refractivity contribution is 7.22. The Morgan fingerprint density at radius 1 is 0.912 bits per heavy atom. The second kappa shape index (κ2) is 14.4. The first-order chi connectivity index (χ1) is 27.4. The van der Waals surface area contributed by atoms with Gasteiger partial charge in [0.25, 0.3) is 0 Å². The van der Waals surface area contributed by atoms with Gasteiger partial charge in [0.1, 0.15) is 5.82 Å². The summed E-state index contributed by atoms with van der Waals surface area (Å²) in [6.45, 7) is 12.8. The van der Waals surface area contributed by atoms with Gasteiger partial charge in [0.2, 0.25) is 0 Å². The Morgan fingerprint density at radius 2 is 1.68 bits per heavy atom. The summed E-state index contributed by atoms with van der Waals surface area (Å²) in [7, 11) is 0. The lowest BCUT2D eigenvalue weighted by Crippen LogP contribution is -2.60. The number of benzene rings is 1. The summed E-state index contributed by atoms with van der Waals surface area (Å²) in [5.41, 5.74) is 6.59. The molecule has 1 aliphatic heterocycles. The maximum Gasteiger partial charge on any atom is 0.355 e. The summed E-state index contributed by atoms with van der Waals surface area (Å²) >= 11 is 1.58. The van der Waals surface area contributed by atoms with Gasteiger partial charge in [-0.1, -0.05) is 37.3 Å². The molecule has 12 nitrogen and oxygen atoms in total. The highest BCUT2D eigenvalue weighted by atomic mass is 32.1. The van der Waals surface area contributed by atoms with E-state index in [4.69, 9.17) is 15.1 Å². The number of aliphatic hydroxyl groups excluding tert-OH is 1. The fourth-order valence-electron chi connectivity index (χ4n) is 12.7. The normalized spacial score (nSPS) is 26.3. The van der Waals surface area contributed by atoms with Crippen LogP contribution in [0, 0.1) is 35.5 Å². The predicted molar refractivity (Wildman–Crippen MR) is 225 cm³/mol. The first-order valence-corrected chi connectivity index (χ1v) is 21.6. The van der Waals surface area contributed by atoms with E-state index >= 15 is 0 Å². The first kappa shape index (κ1) is 38.1. The fourth-order valence-corrected chi connectivity index (χ4v) is 13.5. The third kappa shape index (κ3) is 7.09. The van der Waals surface area contributed by atoms with E-state index in [1.165, 1.54) is 44.9 Å². The number of nitrogens with one attached hydrogen (secondary N) is 2. The number of pyridine rings is 1. The Hall–Kier alpha value is -4.46. The van der Waals surface area contributed by atoms with E-state index in [2.05, 4.69) is 59.3 Å². The SMILES string of the molecule is Cc1c(Nc2nc3ccccc3s2)nnc2c1CCCN2c1ccc(-c2cnn(CC34CC5(C)CC(C)(CC(CCCNCCCO)(C5)C3)C4)c2C)c(C(=O)O)n1. The lowest BCUT2D eigenvalue weighted by Gasteiger charge is -2.70. The highest BCUT2D eigenvalue weighted by Gasteiger charge is 2.65. The molecule has 5 aliphatic rings. The van der Waals surface area contributed by atoms with Gasteiger partial charge in [0.05, 0.1) is 16.4 Å². The standard InChI is InChI=1S/C44H55N9O3S/c1-28-30-10-7-18-52(38(30)51-50-37(28)49-40-47-33-11-5-6-12-34(33)57-40)35-14-13-31(36(48-35)39(55)56)32-20-46-53(29(32)2)27-44-24-41(3)21-42(4,25-44)23-43(22-41,26-44)15-8-16-45-17-9-19-54/h5-6,11-14,20,45,54H,7-10,15-19,21-27H2,1-4H3,(H,55,56)(H,47,49,50). The largest absolute Gasteiger partial charge is 0.476 e. The molecule has 300 valence electrons. The molecule has 5 heterocycles. The van der Waals surface area contributed by atoms with E-state index in [1.807, 2.05) is 41.4 Å². The van der Waals surface area contributed by atoms with Crippen molar-refractivity contribution in [3.8, 4) is 11.1 Å². The van der Waals surface area contributed by atoms with Gasteiger partial charge in [0.15, 0.2) is 22.5 Å². The van der Waals surface area contributed by atoms with Gasteiger partial charge < -0.3 is 25.7 Å². The number of hydrogen-bond donors (Lipinski definition) is 4. The van der Waals surface area contributed by atoms with Crippen molar-refractivity contribution in [1.82, 2.24) is 35.3 Å². The summed E-state index contributed by atoms with van der Waals surface area (Å²) in [5.74, 6) is 0.865. The molecule has 10 rings (SSSR count). The Kier molecular flexibility index (Phi) is 9.64. The third-order valence-corrected chi connectivity index (χ3v) is 14.5. The maximum absolute atomic E-state index is 12.9. The van der Waals surface area contributed by atoms with E-state index < -0.39 is 5.97 Å². The smallest absolute Gasteiger partial charge is 0.355 e. The second-order valence-corrected chi connectivity index (χ2v) is 19.7. The number of carboxylic acids is 1. The van der Waals surface area contributed by atoms with Crippen LogP contribution in [0.15, 0.2) is 42.6 Å². The molecule has 0 amide bonds. The quantitative estimate of drug-likeness (QED) is 0.0800. The Morgan fingerprint density at radius 3 is 2.46 bits per heavy atom. The lowest BCUT2D eigenvalue weighted by molar-refractivity contribution is -0.197. The van der Waals surface area contributed by atoms with Gasteiger partial charge in [-0.15, -0.1) is 10.2 Å². The molecular weight excluding hydrogens is 735 g/mol. The number of anilines is 4. The molecule has 4 fully saturated rings. The molecule has 4 saturated carbocycles. The van der Waals surface area contributed by atoms with Gasteiger partial charge in [0, 0.05) is 47.6 Å². The zero-order chi connectivity index (χ0) is 39.6. The molecule has 1 aromatic carbocycles. The van der Waals surface area contributed by atoms with Gasteiger partial charge >= 0.3 is 5.97 Å². The zero-order valence-corrected chi connectivity index (χ0v) is 34.5. The second-order valence-electron chi connectivity index (χ2n) is 18.6. The summed E-state index contributed by atoms with van der Waals surface area (Å²) in [6, 6.07) is 11.9. The Balaban J connectivity index is 0.960. The molecule has 0 radical (unpaired) electrons. The van der Waals surface area contributed by atoms with Crippen molar-refractivity contribution in [2.24, 2.45) is 21.7 Å². The average molecular weight is 790 g/mol. The van der Waals surface area contributed by atoms with Gasteiger partial charge in [-0.25, -0.2) is 14.8 Å². The summed E-state index contributed by atoms with van der Waals surface area (Å²) in [6.07, 6.45) is 14.4. The number of para-hydroxylation sites is 1. The molecule has 2 unspecified atom stereocenters. The molecule has 4 aliphatic carbocycles. The molecule has 13 heteroatoms. The van der Waals surface area contributed by atoms with E-state index in [9.17, 15) is 15.0 Å². The van der Waals surface area contributed by atoms with Crippen LogP contribution in [-0.2, 0) is 13.0 Å². The van der Waals surface area contributed by atoms with Crippen LogP contribution in [0.2, 0.25) is 0 Å². The molecule has 5 aromatic rings. The molecule has 4 aromatic heterocycles. The molecule has 2 atom stereocenters. The average Bonchev–Trinajstić information content (AvgIpc) is 3.74. The Bertz CT molecular complexity index is 2290. The van der Waals surface area contributed by atoms with Crippen molar-refractivity contribution in [3.63, 3.8) is 0 Å². The topological polar surface area (TPSA) is 154 Å². The van der Waals surface area contributed by atoms with Crippen molar-refractivity contribution >= 4 is 50.1 Å². The molecule has 57 heavy (non-hydrogen) atoms. The molecule has 0 saturated heterocycles. The van der Waals surface area contributed by atoms with E-state index in [0.717, 1.165) is 83.1 Å². The summed E-state index contributed by atoms with van der Waals surface area (Å²) in [5, 5.41) is 41.7. The molecular formula is C44H55N9O3S. The number of aliphatic hydroxyl groups is 1. The first-order valence-electron chi connectivity index (χ1n) is 20.7. The third-order valence-electron chi connectivity index (χ3n) is 13.5. The van der Waals surface area contributed by atoms with Crippen molar-refractivity contribution in [2.75, 3.05) is 36.5 Å². The highest BCUT2D eigenvalue weighted by Crippen LogP contribution is 2.75. The Labute approximate surface area is 338 Å². The fraction of sp³-hybridized carbons (Fsp3) is 0.545. The van der Waals surface area contributed by atoms with Crippen LogP contribution in [0.4, 0.5) is 22.6 Å². The van der Waals surface area contributed by atoms with Crippen molar-refractivity contribution in [1.29, 1.82) is 0 Å². The number of rotatable bonds is 14. The van der Waals surface area contributed by atoms with Crippen molar-refractivity contribution in [3.05, 3.63) is 65.1 Å². The van der Waals surface area contributed by atoms with Gasteiger partial charge in [-0.3, -0.25) is 4.68 Å². The van der Waals surface area contributed by atoms with Gasteiger partial charge in [-0.05, 0) is 143 Å². The number of thiazole rings is 1.